The predicted octanol–water partition coefficient (Wildman–Crippen LogP) is 4.74. The third kappa shape index (κ3) is 4.55. The van der Waals surface area contributed by atoms with E-state index in [0.717, 1.165) is 19.6 Å². The molecule has 0 saturated carbocycles. The van der Waals surface area contributed by atoms with E-state index in [2.05, 4.69) is 22.0 Å². The maximum Gasteiger partial charge on any atom is 0.266 e. The molecule has 0 aliphatic carbocycles. The third-order valence-electron chi connectivity index (χ3n) is 5.60. The van der Waals surface area contributed by atoms with E-state index in [1.54, 1.807) is 24.3 Å². The molecule has 9 heteroatoms. The van der Waals surface area contributed by atoms with E-state index >= 15 is 0 Å². The smallest absolute Gasteiger partial charge is 0.266 e. The van der Waals surface area contributed by atoms with Gasteiger partial charge in [-0.1, -0.05) is 41.9 Å². The van der Waals surface area contributed by atoms with Crippen molar-refractivity contribution < 1.29 is 17.3 Å². The zero-order valence-electron chi connectivity index (χ0n) is 17.7. The zero-order valence-corrected chi connectivity index (χ0v) is 19.3. The number of piperazine rings is 1. The number of rotatable bonds is 6. The maximum atomic E-state index is 13.5. The SMILES string of the molecule is O=S(=O)(c1ccc(Cl)cc1)c1nc(-c2ccco2)oc1N1CCN(Cc2ccccc2)CC1. The van der Waals surface area contributed by atoms with E-state index in [0.29, 0.717) is 23.9 Å². The highest BCUT2D eigenvalue weighted by atomic mass is 35.5. The fourth-order valence-corrected chi connectivity index (χ4v) is 5.30. The highest BCUT2D eigenvalue weighted by Gasteiger charge is 2.33. The van der Waals surface area contributed by atoms with Crippen LogP contribution in [0, 0.1) is 0 Å². The van der Waals surface area contributed by atoms with E-state index in [1.165, 1.54) is 24.0 Å². The molecule has 170 valence electrons. The number of oxazole rings is 1. The van der Waals surface area contributed by atoms with Crippen LogP contribution in [0.2, 0.25) is 5.02 Å². The average Bonchev–Trinajstić information content (AvgIpc) is 3.51. The van der Waals surface area contributed by atoms with Gasteiger partial charge in [0.1, 0.15) is 0 Å². The summed E-state index contributed by atoms with van der Waals surface area (Å²) in [5.41, 5.74) is 1.25. The minimum Gasteiger partial charge on any atom is -0.459 e. The molecule has 5 rings (SSSR count). The molecule has 2 aromatic heterocycles. The quantitative estimate of drug-likeness (QED) is 0.391. The first-order valence-electron chi connectivity index (χ1n) is 10.6. The Labute approximate surface area is 197 Å². The normalized spacial score (nSPS) is 15.1. The Morgan fingerprint density at radius 1 is 0.909 bits per heavy atom. The summed E-state index contributed by atoms with van der Waals surface area (Å²) in [7, 11) is -3.93. The van der Waals surface area contributed by atoms with E-state index in [9.17, 15) is 8.42 Å². The molecule has 7 nitrogen and oxygen atoms in total. The Hall–Kier alpha value is -3.07. The second-order valence-electron chi connectivity index (χ2n) is 7.81. The summed E-state index contributed by atoms with van der Waals surface area (Å²) in [6, 6.07) is 19.7. The molecule has 1 aliphatic rings. The zero-order chi connectivity index (χ0) is 22.8. The van der Waals surface area contributed by atoms with Crippen molar-refractivity contribution in [3.63, 3.8) is 0 Å². The summed E-state index contributed by atoms with van der Waals surface area (Å²) in [4.78, 5) is 8.73. The molecule has 0 amide bonds. The fourth-order valence-electron chi connectivity index (χ4n) is 3.85. The first-order valence-corrected chi connectivity index (χ1v) is 12.4. The van der Waals surface area contributed by atoms with E-state index in [1.807, 2.05) is 23.1 Å². The van der Waals surface area contributed by atoms with Crippen molar-refractivity contribution in [3.8, 4) is 11.7 Å². The van der Waals surface area contributed by atoms with Gasteiger partial charge in [0.05, 0.1) is 11.2 Å². The molecule has 2 aromatic carbocycles. The van der Waals surface area contributed by atoms with E-state index in [4.69, 9.17) is 20.4 Å². The van der Waals surface area contributed by atoms with Crippen LogP contribution in [-0.2, 0) is 16.4 Å². The Balaban J connectivity index is 1.44. The minimum atomic E-state index is -3.93. The number of sulfone groups is 1. The van der Waals surface area contributed by atoms with Gasteiger partial charge in [-0.15, -0.1) is 0 Å². The van der Waals surface area contributed by atoms with Gasteiger partial charge in [0.25, 0.3) is 5.89 Å². The molecule has 0 N–H and O–H groups in total. The molecular formula is C24H22ClN3O4S. The number of nitrogens with zero attached hydrogens (tertiary/aromatic N) is 3. The summed E-state index contributed by atoms with van der Waals surface area (Å²) in [6.45, 7) is 3.61. The average molecular weight is 484 g/mol. The molecule has 4 aromatic rings. The number of hydrogen-bond donors (Lipinski definition) is 0. The summed E-state index contributed by atoms with van der Waals surface area (Å²) in [5.74, 6) is 0.737. The summed E-state index contributed by atoms with van der Waals surface area (Å²) in [6.07, 6.45) is 1.49. The van der Waals surface area contributed by atoms with Gasteiger partial charge in [-0.05, 0) is 42.0 Å². The molecule has 0 radical (unpaired) electrons. The Bertz CT molecular complexity index is 1310. The van der Waals surface area contributed by atoms with E-state index in [-0.39, 0.29) is 21.7 Å². The second-order valence-corrected chi connectivity index (χ2v) is 10.1. The standard InChI is InChI=1S/C24H22ClN3O4S/c25-19-8-10-20(11-9-19)33(29,30)23-24(32-22(26-23)21-7-4-16-31-21)28-14-12-27(13-15-28)17-18-5-2-1-3-6-18/h1-11,16H,12-15,17H2. The van der Waals surface area contributed by atoms with Crippen molar-refractivity contribution in [1.29, 1.82) is 0 Å². The first kappa shape index (κ1) is 21.8. The van der Waals surface area contributed by atoms with Gasteiger partial charge in [0, 0.05) is 37.7 Å². The number of furan rings is 1. The third-order valence-corrected chi connectivity index (χ3v) is 7.52. The van der Waals surface area contributed by atoms with E-state index < -0.39 is 9.84 Å². The lowest BCUT2D eigenvalue weighted by Crippen LogP contribution is -2.46. The van der Waals surface area contributed by atoms with Gasteiger partial charge in [-0.25, -0.2) is 8.42 Å². The van der Waals surface area contributed by atoms with Crippen molar-refractivity contribution in [3.05, 3.63) is 83.6 Å². The Kier molecular flexibility index (Phi) is 5.97. The number of halogens is 1. The van der Waals surface area contributed by atoms with Crippen LogP contribution in [-0.4, -0.2) is 44.5 Å². The topological polar surface area (TPSA) is 79.8 Å². The molecule has 1 saturated heterocycles. The van der Waals surface area contributed by atoms with Crippen LogP contribution < -0.4 is 4.90 Å². The van der Waals surface area contributed by atoms with Gasteiger partial charge in [0.15, 0.2) is 5.76 Å². The minimum absolute atomic E-state index is 0.107. The fraction of sp³-hybridized carbons (Fsp3) is 0.208. The molecule has 3 heterocycles. The number of anilines is 1. The van der Waals surface area contributed by atoms with Gasteiger partial charge in [-0.2, -0.15) is 4.98 Å². The number of aromatic nitrogens is 1. The summed E-state index contributed by atoms with van der Waals surface area (Å²) in [5, 5.41) is 0.341. The molecule has 0 unspecified atom stereocenters. The Morgan fingerprint density at radius 3 is 2.30 bits per heavy atom. The van der Waals surface area contributed by atoms with Crippen molar-refractivity contribution in [2.45, 2.75) is 16.5 Å². The van der Waals surface area contributed by atoms with Gasteiger partial charge in [-0.3, -0.25) is 4.90 Å². The van der Waals surface area contributed by atoms with Crippen LogP contribution >= 0.6 is 11.6 Å². The van der Waals surface area contributed by atoms with Crippen LogP contribution in [0.1, 0.15) is 5.56 Å². The van der Waals surface area contributed by atoms with Gasteiger partial charge >= 0.3 is 0 Å². The lowest BCUT2D eigenvalue weighted by Gasteiger charge is -2.34. The number of benzene rings is 2. The highest BCUT2D eigenvalue weighted by Crippen LogP contribution is 2.35. The Morgan fingerprint density at radius 2 is 1.64 bits per heavy atom. The van der Waals surface area contributed by atoms with Crippen molar-refractivity contribution in [2.75, 3.05) is 31.1 Å². The van der Waals surface area contributed by atoms with Gasteiger partial charge < -0.3 is 13.7 Å². The largest absolute Gasteiger partial charge is 0.459 e. The van der Waals surface area contributed by atoms with Crippen molar-refractivity contribution >= 4 is 27.3 Å². The molecule has 33 heavy (non-hydrogen) atoms. The molecule has 1 fully saturated rings. The number of hydrogen-bond acceptors (Lipinski definition) is 7. The molecule has 0 atom stereocenters. The maximum absolute atomic E-state index is 13.5. The molecular weight excluding hydrogens is 462 g/mol. The van der Waals surface area contributed by atoms with Crippen molar-refractivity contribution in [1.82, 2.24) is 9.88 Å². The van der Waals surface area contributed by atoms with Crippen LogP contribution in [0.5, 0.6) is 0 Å². The molecule has 1 aliphatic heterocycles. The summed E-state index contributed by atoms with van der Waals surface area (Å²) >= 11 is 5.95. The van der Waals surface area contributed by atoms with Crippen LogP contribution in [0.4, 0.5) is 5.88 Å². The highest BCUT2D eigenvalue weighted by molar-refractivity contribution is 7.91. The molecule has 0 bridgehead atoms. The predicted molar refractivity (Wildman–Crippen MR) is 125 cm³/mol. The first-order chi connectivity index (χ1) is 16.0. The molecule has 0 spiro atoms. The van der Waals surface area contributed by atoms with Crippen LogP contribution in [0.15, 0.2) is 91.7 Å². The van der Waals surface area contributed by atoms with Crippen molar-refractivity contribution in [2.24, 2.45) is 0 Å². The van der Waals surface area contributed by atoms with Crippen LogP contribution in [0.25, 0.3) is 11.7 Å². The monoisotopic (exact) mass is 483 g/mol. The van der Waals surface area contributed by atoms with Crippen LogP contribution in [0.3, 0.4) is 0 Å². The second kappa shape index (κ2) is 9.05. The van der Waals surface area contributed by atoms with Gasteiger partial charge in [0.2, 0.25) is 20.7 Å². The lowest BCUT2D eigenvalue weighted by atomic mass is 10.2. The lowest BCUT2D eigenvalue weighted by molar-refractivity contribution is 0.245. The summed E-state index contributed by atoms with van der Waals surface area (Å²) < 4.78 is 38.3.